The minimum absolute atomic E-state index is 0.260. The molecule has 0 saturated heterocycles. The third-order valence-corrected chi connectivity index (χ3v) is 4.45. The first kappa shape index (κ1) is 22.2. The van der Waals surface area contributed by atoms with Crippen LogP contribution in [0.4, 0.5) is 5.69 Å². The summed E-state index contributed by atoms with van der Waals surface area (Å²) in [4.78, 5) is 35.0. The minimum atomic E-state index is -0.639. The van der Waals surface area contributed by atoms with Gasteiger partial charge in [-0.2, -0.15) is 5.10 Å². The van der Waals surface area contributed by atoms with Crippen molar-refractivity contribution in [2.24, 2.45) is 5.73 Å². The van der Waals surface area contributed by atoms with Crippen molar-refractivity contribution in [2.45, 2.75) is 33.2 Å². The zero-order valence-electron chi connectivity index (χ0n) is 16.4. The number of hydrogen-bond acceptors (Lipinski definition) is 4. The number of unbranched alkanes of at least 4 members (excludes halogenated alkanes) is 1. The summed E-state index contributed by atoms with van der Waals surface area (Å²) in [6.07, 6.45) is 4.97. The highest BCUT2D eigenvalue weighted by Gasteiger charge is 2.11. The summed E-state index contributed by atoms with van der Waals surface area (Å²) in [5, 5.41) is 9.96. The lowest BCUT2D eigenvalue weighted by molar-refractivity contribution is -0.117. The molecule has 0 aliphatic carbocycles. The fourth-order valence-corrected chi connectivity index (χ4v) is 2.89. The van der Waals surface area contributed by atoms with Crippen LogP contribution in [-0.2, 0) is 16.1 Å². The van der Waals surface area contributed by atoms with Crippen LogP contribution in [0.15, 0.2) is 30.3 Å². The average molecular weight is 418 g/mol. The molecular weight excluding hydrogens is 394 g/mol. The zero-order chi connectivity index (χ0) is 21.4. The lowest BCUT2D eigenvalue weighted by Crippen LogP contribution is -2.33. The monoisotopic (exact) mass is 417 g/mol. The van der Waals surface area contributed by atoms with Crippen molar-refractivity contribution in [2.75, 3.05) is 11.9 Å². The molecule has 29 heavy (non-hydrogen) atoms. The first-order valence-electron chi connectivity index (χ1n) is 9.20. The second kappa shape index (κ2) is 10.4. The number of amides is 3. The van der Waals surface area contributed by atoms with Gasteiger partial charge in [0.25, 0.3) is 5.91 Å². The molecule has 1 aromatic carbocycles. The van der Waals surface area contributed by atoms with Gasteiger partial charge in [-0.25, -0.2) is 0 Å². The molecule has 1 heterocycles. The van der Waals surface area contributed by atoms with Gasteiger partial charge in [0.05, 0.1) is 12.2 Å². The molecule has 0 atom stereocenters. The molecule has 0 aliphatic rings. The first-order valence-corrected chi connectivity index (χ1v) is 9.58. The number of carbonyl (C=O) groups is 3. The number of hydrogen-bond donors (Lipinski definition) is 3. The van der Waals surface area contributed by atoms with Crippen LogP contribution in [0, 0.1) is 6.92 Å². The molecule has 0 fully saturated rings. The molecule has 0 aliphatic heterocycles. The van der Waals surface area contributed by atoms with E-state index >= 15 is 0 Å². The molecule has 2 rings (SSSR count). The molecule has 3 amide bonds. The number of carbonyl (C=O) groups excluding carboxylic acids is 3. The number of anilines is 1. The van der Waals surface area contributed by atoms with E-state index in [2.05, 4.69) is 22.7 Å². The smallest absolute Gasteiger partial charge is 0.251 e. The second-order valence-electron chi connectivity index (χ2n) is 6.42. The molecular formula is C20H24ClN5O3. The predicted molar refractivity (Wildman–Crippen MR) is 113 cm³/mol. The summed E-state index contributed by atoms with van der Waals surface area (Å²) < 4.78 is 1.73. The maximum absolute atomic E-state index is 12.3. The predicted octanol–water partition coefficient (Wildman–Crippen LogP) is 2.51. The zero-order valence-corrected chi connectivity index (χ0v) is 17.1. The normalized spacial score (nSPS) is 10.9. The standard InChI is InChI=1S/C20H24ClN5O3/c1-3-4-10-26-19(21)16(13(2)25-26)8-9-18(28)24-15-7-5-6-14(11-15)20(29)23-12-17(22)27/h5-9,11H,3-4,10,12H2,1-2H3,(H2,22,27)(H,23,29)(H,24,28). The van der Waals surface area contributed by atoms with E-state index in [1.165, 1.54) is 12.1 Å². The van der Waals surface area contributed by atoms with Crippen molar-refractivity contribution in [1.82, 2.24) is 15.1 Å². The molecule has 8 nitrogen and oxygen atoms in total. The highest BCUT2D eigenvalue weighted by molar-refractivity contribution is 6.31. The molecule has 0 saturated carbocycles. The number of rotatable bonds is 9. The van der Waals surface area contributed by atoms with Crippen LogP contribution >= 0.6 is 11.6 Å². The third-order valence-electron chi connectivity index (χ3n) is 4.05. The number of benzene rings is 1. The Labute approximate surface area is 174 Å². The molecule has 2 aromatic rings. The average Bonchev–Trinajstić information content (AvgIpc) is 2.95. The van der Waals surface area contributed by atoms with E-state index in [1.54, 1.807) is 29.0 Å². The summed E-state index contributed by atoms with van der Waals surface area (Å²) in [5.74, 6) is -1.48. The number of nitrogens with two attached hydrogens (primary N) is 1. The third kappa shape index (κ3) is 6.46. The van der Waals surface area contributed by atoms with Gasteiger partial charge in [-0.05, 0) is 37.6 Å². The van der Waals surface area contributed by atoms with Gasteiger partial charge in [-0.15, -0.1) is 0 Å². The van der Waals surface area contributed by atoms with Crippen molar-refractivity contribution in [3.8, 4) is 0 Å². The fraction of sp³-hybridized carbons (Fsp3) is 0.300. The fourth-order valence-electron chi connectivity index (χ4n) is 2.56. The van der Waals surface area contributed by atoms with Gasteiger partial charge in [0, 0.05) is 29.4 Å². The summed E-state index contributed by atoms with van der Waals surface area (Å²) in [5.41, 5.74) is 7.17. The molecule has 4 N–H and O–H groups in total. The Balaban J connectivity index is 2.04. The first-order chi connectivity index (χ1) is 13.8. The largest absolute Gasteiger partial charge is 0.368 e. The van der Waals surface area contributed by atoms with Crippen LogP contribution in [0.25, 0.3) is 6.08 Å². The van der Waals surface area contributed by atoms with Crippen LogP contribution < -0.4 is 16.4 Å². The van der Waals surface area contributed by atoms with Gasteiger partial charge in [0.2, 0.25) is 11.8 Å². The van der Waals surface area contributed by atoms with Crippen molar-refractivity contribution < 1.29 is 14.4 Å². The number of primary amides is 1. The quantitative estimate of drug-likeness (QED) is 0.543. The molecule has 1 aromatic heterocycles. The Hall–Kier alpha value is -3.13. The van der Waals surface area contributed by atoms with Crippen molar-refractivity contribution in [1.29, 1.82) is 0 Å². The summed E-state index contributed by atoms with van der Waals surface area (Å²) in [6.45, 7) is 4.39. The number of nitrogens with zero attached hydrogens (tertiary/aromatic N) is 2. The maximum Gasteiger partial charge on any atom is 0.251 e. The lowest BCUT2D eigenvalue weighted by atomic mass is 10.2. The number of halogens is 1. The van der Waals surface area contributed by atoms with Crippen molar-refractivity contribution >= 4 is 41.1 Å². The van der Waals surface area contributed by atoms with E-state index in [0.29, 0.717) is 22.0 Å². The summed E-state index contributed by atoms with van der Waals surface area (Å²) in [6, 6.07) is 6.34. The summed E-state index contributed by atoms with van der Waals surface area (Å²) in [7, 11) is 0. The van der Waals surface area contributed by atoms with Gasteiger partial charge >= 0.3 is 0 Å². The SMILES string of the molecule is CCCCn1nc(C)c(C=CC(=O)Nc2cccc(C(=O)NCC(N)=O)c2)c1Cl. The van der Waals surface area contributed by atoms with E-state index in [9.17, 15) is 14.4 Å². The Bertz CT molecular complexity index is 936. The van der Waals surface area contributed by atoms with Gasteiger partial charge in [-0.3, -0.25) is 19.1 Å². The van der Waals surface area contributed by atoms with Crippen LogP contribution in [-0.4, -0.2) is 34.0 Å². The van der Waals surface area contributed by atoms with Crippen LogP contribution in [0.5, 0.6) is 0 Å². The van der Waals surface area contributed by atoms with Crippen LogP contribution in [0.1, 0.15) is 41.4 Å². The van der Waals surface area contributed by atoms with E-state index < -0.39 is 11.8 Å². The maximum atomic E-state index is 12.3. The van der Waals surface area contributed by atoms with Gasteiger partial charge in [-0.1, -0.05) is 31.0 Å². The van der Waals surface area contributed by atoms with E-state index in [-0.39, 0.29) is 12.5 Å². The minimum Gasteiger partial charge on any atom is -0.368 e. The number of nitrogens with one attached hydrogen (secondary N) is 2. The molecule has 0 spiro atoms. The molecule has 0 radical (unpaired) electrons. The Morgan fingerprint density at radius 2 is 2.07 bits per heavy atom. The topological polar surface area (TPSA) is 119 Å². The highest BCUT2D eigenvalue weighted by Crippen LogP contribution is 2.22. The Morgan fingerprint density at radius 3 is 2.76 bits per heavy atom. The van der Waals surface area contributed by atoms with E-state index in [4.69, 9.17) is 17.3 Å². The summed E-state index contributed by atoms with van der Waals surface area (Å²) >= 11 is 6.36. The molecule has 0 bridgehead atoms. The van der Waals surface area contributed by atoms with E-state index in [0.717, 1.165) is 25.1 Å². The van der Waals surface area contributed by atoms with Crippen LogP contribution in [0.3, 0.4) is 0 Å². The highest BCUT2D eigenvalue weighted by atomic mass is 35.5. The lowest BCUT2D eigenvalue weighted by Gasteiger charge is -2.06. The number of aryl methyl sites for hydroxylation is 2. The molecule has 0 unspecified atom stereocenters. The number of aromatic nitrogens is 2. The molecule has 154 valence electrons. The molecule has 9 heteroatoms. The van der Waals surface area contributed by atoms with Crippen molar-refractivity contribution in [3.63, 3.8) is 0 Å². The van der Waals surface area contributed by atoms with Gasteiger partial charge in [0.15, 0.2) is 0 Å². The van der Waals surface area contributed by atoms with E-state index in [1.807, 2.05) is 6.92 Å². The Morgan fingerprint density at radius 1 is 1.31 bits per heavy atom. The second-order valence-corrected chi connectivity index (χ2v) is 6.78. The van der Waals surface area contributed by atoms with Crippen LogP contribution in [0.2, 0.25) is 5.15 Å². The van der Waals surface area contributed by atoms with Gasteiger partial charge < -0.3 is 16.4 Å². The Kier molecular flexibility index (Phi) is 7.97. The van der Waals surface area contributed by atoms with Crippen molar-refractivity contribution in [3.05, 3.63) is 52.3 Å². The van der Waals surface area contributed by atoms with Gasteiger partial charge in [0.1, 0.15) is 5.15 Å².